The molecule has 2 heterocycles. The number of ether oxygens (including phenoxy) is 5. The van der Waals surface area contributed by atoms with E-state index in [9.17, 15) is 24.0 Å². The summed E-state index contributed by atoms with van der Waals surface area (Å²) in [7, 11) is 1.33. The first-order chi connectivity index (χ1) is 20.5. The Labute approximate surface area is 254 Å². The molecule has 2 aromatic rings. The summed E-state index contributed by atoms with van der Waals surface area (Å²) in [6.07, 6.45) is -0.0890. The van der Waals surface area contributed by atoms with Crippen molar-refractivity contribution < 1.29 is 47.7 Å². The molecule has 12 nitrogen and oxygen atoms in total. The van der Waals surface area contributed by atoms with Crippen molar-refractivity contribution in [3.63, 3.8) is 0 Å². The molecule has 1 aromatic heterocycles. The maximum Gasteiger partial charge on any atom is 0.372 e. The normalized spacial score (nSPS) is 20.5. The molecule has 1 fully saturated rings. The monoisotopic (exact) mass is 616 g/mol. The summed E-state index contributed by atoms with van der Waals surface area (Å²) in [5.41, 5.74) is 0.448. The number of hydrogen-bond acceptors (Lipinski definition) is 12. The van der Waals surface area contributed by atoms with E-state index >= 15 is 0 Å². The minimum atomic E-state index is -1.46. The topological polar surface area (TPSA) is 156 Å². The van der Waals surface area contributed by atoms with E-state index in [2.05, 4.69) is 10.3 Å². The second-order valence-corrected chi connectivity index (χ2v) is 11.1. The van der Waals surface area contributed by atoms with E-state index in [-0.39, 0.29) is 23.6 Å². The summed E-state index contributed by atoms with van der Waals surface area (Å²) in [5.74, 6) is -4.33. The molecule has 43 heavy (non-hydrogen) atoms. The first-order valence-corrected chi connectivity index (χ1v) is 14.8. The van der Waals surface area contributed by atoms with Gasteiger partial charge in [0, 0.05) is 18.0 Å². The van der Waals surface area contributed by atoms with Gasteiger partial charge in [0.2, 0.25) is 5.75 Å². The summed E-state index contributed by atoms with van der Waals surface area (Å²) < 4.78 is 27.4. The molecule has 4 atom stereocenters. The van der Waals surface area contributed by atoms with Gasteiger partial charge in [0.15, 0.2) is 23.6 Å². The lowest BCUT2D eigenvalue weighted by Gasteiger charge is -2.29. The van der Waals surface area contributed by atoms with Gasteiger partial charge in [-0.25, -0.2) is 14.6 Å². The fourth-order valence-electron chi connectivity index (χ4n) is 4.13. The third kappa shape index (κ3) is 9.18. The molecule has 1 aliphatic rings. The van der Waals surface area contributed by atoms with Crippen LogP contribution in [0.2, 0.25) is 0 Å². The van der Waals surface area contributed by atoms with Crippen LogP contribution in [-0.4, -0.2) is 71.8 Å². The quantitative estimate of drug-likeness (QED) is 0.305. The van der Waals surface area contributed by atoms with Gasteiger partial charge in [-0.15, -0.1) is 0 Å². The first kappa shape index (κ1) is 33.4. The molecular formula is C30H36N2O10S. The Bertz CT molecular complexity index is 1300. The fraction of sp³-hybridized carbons (Fsp3) is 0.467. The number of rotatable bonds is 10. The van der Waals surface area contributed by atoms with E-state index in [1.165, 1.54) is 26.3 Å². The zero-order valence-corrected chi connectivity index (χ0v) is 25.5. The van der Waals surface area contributed by atoms with Gasteiger partial charge >= 0.3 is 23.2 Å². The van der Waals surface area contributed by atoms with Crippen molar-refractivity contribution in [3.8, 4) is 11.5 Å². The van der Waals surface area contributed by atoms with Crippen LogP contribution in [-0.2, 0) is 35.0 Å². The van der Waals surface area contributed by atoms with Gasteiger partial charge in [-0.05, 0) is 37.1 Å². The van der Waals surface area contributed by atoms with Crippen LogP contribution in [0.1, 0.15) is 50.2 Å². The number of aromatic nitrogens is 1. The molecule has 13 heteroatoms. The van der Waals surface area contributed by atoms with Crippen LogP contribution >= 0.6 is 11.8 Å². The third-order valence-electron chi connectivity index (χ3n) is 6.38. The van der Waals surface area contributed by atoms with Gasteiger partial charge in [0.25, 0.3) is 5.91 Å². The number of benzene rings is 1. The molecular weight excluding hydrogens is 580 g/mol. The second kappa shape index (κ2) is 15.9. The summed E-state index contributed by atoms with van der Waals surface area (Å²) >= 11 is 0.918. The minimum absolute atomic E-state index is 0.0706. The van der Waals surface area contributed by atoms with Gasteiger partial charge in [-0.3, -0.25) is 14.4 Å². The molecule has 1 unspecified atom stereocenters. The average Bonchev–Trinajstić information content (AvgIpc) is 3.02. The fourth-order valence-corrected chi connectivity index (χ4v) is 4.64. The molecule has 1 N–H and O–H groups in total. The highest BCUT2D eigenvalue weighted by Gasteiger charge is 2.42. The van der Waals surface area contributed by atoms with Crippen LogP contribution in [0.5, 0.6) is 11.5 Å². The molecule has 3 rings (SSSR count). The zero-order chi connectivity index (χ0) is 31.5. The molecule has 1 saturated heterocycles. The van der Waals surface area contributed by atoms with Crippen molar-refractivity contribution in [1.82, 2.24) is 10.3 Å². The largest absolute Gasteiger partial charge is 0.493 e. The van der Waals surface area contributed by atoms with E-state index in [1.807, 2.05) is 25.1 Å². The van der Waals surface area contributed by atoms with Crippen LogP contribution in [0.3, 0.4) is 0 Å². The van der Waals surface area contributed by atoms with Gasteiger partial charge < -0.3 is 29.0 Å². The van der Waals surface area contributed by atoms with Crippen LogP contribution in [0.15, 0.2) is 42.6 Å². The lowest BCUT2D eigenvalue weighted by atomic mass is 9.91. The maximum absolute atomic E-state index is 13.4. The van der Waals surface area contributed by atoms with Crippen molar-refractivity contribution in [3.05, 3.63) is 53.9 Å². The van der Waals surface area contributed by atoms with E-state index in [0.717, 1.165) is 23.7 Å². The molecule has 1 amide bonds. The van der Waals surface area contributed by atoms with Gasteiger partial charge in [-0.1, -0.05) is 51.1 Å². The van der Waals surface area contributed by atoms with E-state index in [1.54, 1.807) is 26.0 Å². The van der Waals surface area contributed by atoms with Gasteiger partial charge in [0.1, 0.15) is 18.6 Å². The SMILES string of the molecule is CCCSC(=O)Oc1c(OC)ccnc1C(=O)N[C@H]1COC(=O)[C@H](Cc2ccccc2)C(OC(=O)C(C)C)[C@H](C)OC1=O. The highest BCUT2D eigenvalue weighted by atomic mass is 32.2. The molecule has 1 aliphatic heterocycles. The van der Waals surface area contributed by atoms with Crippen molar-refractivity contribution in [2.24, 2.45) is 11.8 Å². The standard InChI is InChI=1S/C30H36N2O10S/c1-6-14-43-30(37)42-25-22(38-5)12-13-31-23(25)26(33)32-21-16-39-28(35)20(15-19-10-8-7-9-11-19)24(18(4)40-29(21)36)41-27(34)17(2)3/h7-13,17-18,20-21,24H,6,14-16H2,1-5H3,(H,32,33)/t18-,20+,21-,24?/m0/s1. The number of nitrogens with one attached hydrogen (secondary N) is 1. The zero-order valence-electron chi connectivity index (χ0n) is 24.7. The number of cyclic esters (lactones) is 2. The predicted molar refractivity (Wildman–Crippen MR) is 156 cm³/mol. The van der Waals surface area contributed by atoms with Gasteiger partial charge in [-0.2, -0.15) is 0 Å². The van der Waals surface area contributed by atoms with Crippen molar-refractivity contribution >= 4 is 40.9 Å². The van der Waals surface area contributed by atoms with E-state index < -0.39 is 65.8 Å². The number of carbonyl (C=O) groups excluding carboxylic acids is 5. The predicted octanol–water partition coefficient (Wildman–Crippen LogP) is 3.75. The third-order valence-corrected chi connectivity index (χ3v) is 7.31. The van der Waals surface area contributed by atoms with E-state index in [0.29, 0.717) is 5.75 Å². The average molecular weight is 617 g/mol. The van der Waals surface area contributed by atoms with Crippen molar-refractivity contribution in [1.29, 1.82) is 0 Å². The van der Waals surface area contributed by atoms with Crippen molar-refractivity contribution in [2.75, 3.05) is 19.5 Å². The van der Waals surface area contributed by atoms with Gasteiger partial charge in [0.05, 0.1) is 13.0 Å². The number of amides is 1. The van der Waals surface area contributed by atoms with Crippen LogP contribution in [0.4, 0.5) is 4.79 Å². The molecule has 0 radical (unpaired) electrons. The smallest absolute Gasteiger partial charge is 0.372 e. The minimum Gasteiger partial charge on any atom is -0.493 e. The number of esters is 3. The summed E-state index contributed by atoms with van der Waals surface area (Å²) in [4.78, 5) is 68.9. The number of methoxy groups -OCH3 is 1. The lowest BCUT2D eigenvalue weighted by molar-refractivity contribution is -0.176. The molecule has 0 aliphatic carbocycles. The highest BCUT2D eigenvalue weighted by Crippen LogP contribution is 2.31. The molecule has 0 spiro atoms. The Balaban J connectivity index is 1.88. The summed E-state index contributed by atoms with van der Waals surface area (Å²) in [5, 5.41) is 1.79. The maximum atomic E-state index is 13.4. The Morgan fingerprint density at radius 1 is 1.12 bits per heavy atom. The van der Waals surface area contributed by atoms with Crippen LogP contribution < -0.4 is 14.8 Å². The Morgan fingerprint density at radius 3 is 2.49 bits per heavy atom. The number of hydrogen-bond donors (Lipinski definition) is 1. The Hall–Kier alpha value is -4.13. The number of nitrogens with zero attached hydrogens (tertiary/aromatic N) is 1. The summed E-state index contributed by atoms with van der Waals surface area (Å²) in [6.45, 7) is 6.11. The first-order valence-electron chi connectivity index (χ1n) is 13.9. The molecule has 0 saturated carbocycles. The Morgan fingerprint density at radius 2 is 1.84 bits per heavy atom. The van der Waals surface area contributed by atoms with E-state index in [4.69, 9.17) is 23.7 Å². The number of thioether (sulfide) groups is 1. The van der Waals surface area contributed by atoms with Crippen molar-refractivity contribution in [2.45, 2.75) is 58.8 Å². The molecule has 232 valence electrons. The van der Waals surface area contributed by atoms with Crippen LogP contribution in [0.25, 0.3) is 0 Å². The van der Waals surface area contributed by atoms with Crippen LogP contribution in [0, 0.1) is 11.8 Å². The highest BCUT2D eigenvalue weighted by molar-refractivity contribution is 8.13. The molecule has 0 bridgehead atoms. The second-order valence-electron chi connectivity index (χ2n) is 10.0. The number of carbonyl (C=O) groups is 5. The molecule has 1 aromatic carbocycles. The number of pyridine rings is 1. The Kier molecular flexibility index (Phi) is 12.4. The lowest BCUT2D eigenvalue weighted by Crippen LogP contribution is -2.47. The summed E-state index contributed by atoms with van der Waals surface area (Å²) in [6, 6.07) is 9.02.